The number of hydrogen-bond acceptors (Lipinski definition) is 3. The number of carbonyl (C=O) groups excluding carboxylic acids is 2. The summed E-state index contributed by atoms with van der Waals surface area (Å²) in [4.78, 5) is 21.8. The number of carbonyl (C=O) groups is 2. The molecule has 3 heteroatoms. The third-order valence-corrected chi connectivity index (χ3v) is 1.88. The Bertz CT molecular complexity index is 247. The van der Waals surface area contributed by atoms with Gasteiger partial charge in [-0.2, -0.15) is 0 Å². The van der Waals surface area contributed by atoms with Crippen molar-refractivity contribution < 1.29 is 14.3 Å². The first-order valence-electron chi connectivity index (χ1n) is 3.39. The van der Waals surface area contributed by atoms with Crippen molar-refractivity contribution in [2.75, 3.05) is 0 Å². The summed E-state index contributed by atoms with van der Waals surface area (Å²) in [5.41, 5.74) is 0. The first-order chi connectivity index (χ1) is 5.29. The van der Waals surface area contributed by atoms with Crippen LogP contribution >= 0.6 is 0 Å². The SMILES string of the molecule is O=C1OC(=O)C2C=CC=CC12. The molecule has 0 aromatic carbocycles. The first-order valence-corrected chi connectivity index (χ1v) is 3.39. The molecule has 0 amide bonds. The molecule has 2 aliphatic rings. The van der Waals surface area contributed by atoms with E-state index in [1.165, 1.54) is 0 Å². The van der Waals surface area contributed by atoms with Gasteiger partial charge in [0.1, 0.15) is 0 Å². The topological polar surface area (TPSA) is 43.4 Å². The van der Waals surface area contributed by atoms with Crippen LogP contribution in [0, 0.1) is 11.8 Å². The van der Waals surface area contributed by atoms with Gasteiger partial charge in [0.05, 0.1) is 11.8 Å². The molecule has 1 aliphatic heterocycles. The minimum Gasteiger partial charge on any atom is -0.392 e. The average molecular weight is 150 g/mol. The molecule has 0 saturated carbocycles. The summed E-state index contributed by atoms with van der Waals surface area (Å²) in [7, 11) is 0. The van der Waals surface area contributed by atoms with Crippen molar-refractivity contribution in [2.45, 2.75) is 0 Å². The number of allylic oxidation sites excluding steroid dienone is 2. The zero-order chi connectivity index (χ0) is 7.84. The van der Waals surface area contributed by atoms with Gasteiger partial charge in [-0.1, -0.05) is 24.3 Å². The van der Waals surface area contributed by atoms with Crippen LogP contribution in [-0.4, -0.2) is 11.9 Å². The standard InChI is InChI=1S/C8H6O3/c9-7-5-3-1-2-4-6(5)8(10)11-7/h1-6H. The van der Waals surface area contributed by atoms with Gasteiger partial charge in [0.15, 0.2) is 0 Å². The number of ether oxygens (including phenoxy) is 1. The van der Waals surface area contributed by atoms with Crippen molar-refractivity contribution in [3.05, 3.63) is 24.3 Å². The van der Waals surface area contributed by atoms with E-state index < -0.39 is 11.9 Å². The van der Waals surface area contributed by atoms with E-state index in [-0.39, 0.29) is 11.8 Å². The van der Waals surface area contributed by atoms with Crippen LogP contribution in [0.4, 0.5) is 0 Å². The lowest BCUT2D eigenvalue weighted by Crippen LogP contribution is -2.14. The molecule has 0 radical (unpaired) electrons. The second kappa shape index (κ2) is 2.05. The average Bonchev–Trinajstić information content (AvgIpc) is 2.30. The predicted octanol–water partition coefficient (Wildman–Crippen LogP) is 0.428. The monoisotopic (exact) mass is 150 g/mol. The molecule has 1 fully saturated rings. The van der Waals surface area contributed by atoms with Crippen molar-refractivity contribution in [3.8, 4) is 0 Å². The lowest BCUT2D eigenvalue weighted by Gasteiger charge is -2.06. The summed E-state index contributed by atoms with van der Waals surface area (Å²) in [5, 5.41) is 0. The largest absolute Gasteiger partial charge is 0.392 e. The van der Waals surface area contributed by atoms with Gasteiger partial charge in [-0.15, -0.1) is 0 Å². The number of esters is 2. The maximum atomic E-state index is 10.9. The molecule has 0 bridgehead atoms. The van der Waals surface area contributed by atoms with Crippen molar-refractivity contribution in [3.63, 3.8) is 0 Å². The van der Waals surface area contributed by atoms with Gasteiger partial charge in [-0.05, 0) is 0 Å². The fourth-order valence-corrected chi connectivity index (χ4v) is 1.29. The van der Waals surface area contributed by atoms with E-state index in [9.17, 15) is 9.59 Å². The van der Waals surface area contributed by atoms with Gasteiger partial charge < -0.3 is 4.74 Å². The Morgan fingerprint density at radius 1 is 1.00 bits per heavy atom. The summed E-state index contributed by atoms with van der Waals surface area (Å²) in [6, 6.07) is 0. The molecule has 0 N–H and O–H groups in total. The number of cyclic esters (lactones) is 2. The van der Waals surface area contributed by atoms with Gasteiger partial charge in [0.2, 0.25) is 0 Å². The highest BCUT2D eigenvalue weighted by Gasteiger charge is 2.41. The zero-order valence-electron chi connectivity index (χ0n) is 5.69. The lowest BCUT2D eigenvalue weighted by atomic mass is 9.91. The molecule has 3 nitrogen and oxygen atoms in total. The second-order valence-electron chi connectivity index (χ2n) is 2.56. The summed E-state index contributed by atoms with van der Waals surface area (Å²) in [6.45, 7) is 0. The number of rotatable bonds is 0. The third-order valence-electron chi connectivity index (χ3n) is 1.88. The quantitative estimate of drug-likeness (QED) is 0.371. The van der Waals surface area contributed by atoms with Crippen molar-refractivity contribution in [1.29, 1.82) is 0 Å². The van der Waals surface area contributed by atoms with E-state index in [2.05, 4.69) is 4.74 Å². The zero-order valence-corrected chi connectivity index (χ0v) is 5.69. The summed E-state index contributed by atoms with van der Waals surface area (Å²) in [6.07, 6.45) is 6.89. The summed E-state index contributed by atoms with van der Waals surface area (Å²) in [5.74, 6) is -1.60. The Kier molecular flexibility index (Phi) is 1.18. The Morgan fingerprint density at radius 3 is 1.91 bits per heavy atom. The van der Waals surface area contributed by atoms with Gasteiger partial charge in [0, 0.05) is 0 Å². The van der Waals surface area contributed by atoms with Crippen LogP contribution in [0.3, 0.4) is 0 Å². The van der Waals surface area contributed by atoms with Crippen LogP contribution in [0.1, 0.15) is 0 Å². The minimum atomic E-state index is -0.430. The maximum Gasteiger partial charge on any atom is 0.321 e. The summed E-state index contributed by atoms with van der Waals surface area (Å²) >= 11 is 0. The normalized spacial score (nSPS) is 33.8. The fourth-order valence-electron chi connectivity index (χ4n) is 1.29. The fraction of sp³-hybridized carbons (Fsp3) is 0.250. The third kappa shape index (κ3) is 0.808. The highest BCUT2D eigenvalue weighted by atomic mass is 16.6. The van der Waals surface area contributed by atoms with E-state index in [1.54, 1.807) is 24.3 Å². The minimum absolute atomic E-state index is 0.368. The van der Waals surface area contributed by atoms with Crippen LogP contribution in [0.15, 0.2) is 24.3 Å². The van der Waals surface area contributed by atoms with Crippen LogP contribution in [0.2, 0.25) is 0 Å². The molecule has 0 aromatic heterocycles. The molecule has 11 heavy (non-hydrogen) atoms. The number of fused-ring (bicyclic) bond motifs is 1. The van der Waals surface area contributed by atoms with E-state index >= 15 is 0 Å². The number of hydrogen-bond donors (Lipinski definition) is 0. The maximum absolute atomic E-state index is 10.9. The molecule has 2 rings (SSSR count). The van der Waals surface area contributed by atoms with Gasteiger partial charge in [-0.25, -0.2) is 0 Å². The van der Waals surface area contributed by atoms with E-state index in [4.69, 9.17) is 0 Å². The van der Waals surface area contributed by atoms with Gasteiger partial charge >= 0.3 is 11.9 Å². The van der Waals surface area contributed by atoms with Crippen molar-refractivity contribution >= 4 is 11.9 Å². The Balaban J connectivity index is 2.37. The molecule has 0 spiro atoms. The van der Waals surface area contributed by atoms with Crippen LogP contribution in [-0.2, 0) is 14.3 Å². The van der Waals surface area contributed by atoms with E-state index in [0.717, 1.165) is 0 Å². The first kappa shape index (κ1) is 6.34. The van der Waals surface area contributed by atoms with Crippen LogP contribution < -0.4 is 0 Å². The lowest BCUT2D eigenvalue weighted by molar-refractivity contribution is -0.153. The molecular formula is C8H6O3. The van der Waals surface area contributed by atoms with Crippen molar-refractivity contribution in [2.24, 2.45) is 11.8 Å². The smallest absolute Gasteiger partial charge is 0.321 e. The highest BCUT2D eigenvalue weighted by molar-refractivity contribution is 5.98. The second-order valence-corrected chi connectivity index (χ2v) is 2.56. The molecule has 56 valence electrons. The predicted molar refractivity (Wildman–Crippen MR) is 36.4 cm³/mol. The Morgan fingerprint density at radius 2 is 1.45 bits per heavy atom. The molecule has 1 saturated heterocycles. The van der Waals surface area contributed by atoms with Crippen LogP contribution in [0.5, 0.6) is 0 Å². The van der Waals surface area contributed by atoms with Crippen LogP contribution in [0.25, 0.3) is 0 Å². The van der Waals surface area contributed by atoms with Crippen molar-refractivity contribution in [1.82, 2.24) is 0 Å². The molecule has 1 aliphatic carbocycles. The molecule has 0 aromatic rings. The Labute approximate surface area is 63.3 Å². The van der Waals surface area contributed by atoms with E-state index in [0.29, 0.717) is 0 Å². The van der Waals surface area contributed by atoms with Gasteiger partial charge in [0.25, 0.3) is 0 Å². The molecule has 1 heterocycles. The Hall–Kier alpha value is -1.38. The van der Waals surface area contributed by atoms with Gasteiger partial charge in [-0.3, -0.25) is 9.59 Å². The summed E-state index contributed by atoms with van der Waals surface area (Å²) < 4.78 is 4.43. The molecule has 2 unspecified atom stereocenters. The molecule has 2 atom stereocenters. The molecular weight excluding hydrogens is 144 g/mol. The highest BCUT2D eigenvalue weighted by Crippen LogP contribution is 2.28. The van der Waals surface area contributed by atoms with E-state index in [1.807, 2.05) is 0 Å².